The Morgan fingerprint density at radius 3 is 2.67 bits per heavy atom. The van der Waals surface area contributed by atoms with Gasteiger partial charge in [0.2, 0.25) is 0 Å². The molecule has 0 atom stereocenters. The molecule has 0 bridgehead atoms. The summed E-state index contributed by atoms with van der Waals surface area (Å²) in [6.07, 6.45) is 1.14. The molecule has 0 aliphatic heterocycles. The van der Waals surface area contributed by atoms with Crippen LogP contribution in [0, 0.1) is 0 Å². The third kappa shape index (κ3) is 5.18. The summed E-state index contributed by atoms with van der Waals surface area (Å²) >= 11 is 13.3. The summed E-state index contributed by atoms with van der Waals surface area (Å²) in [6, 6.07) is 1.92. The van der Waals surface area contributed by atoms with Gasteiger partial charge in [0, 0.05) is 6.54 Å². The lowest BCUT2D eigenvalue weighted by atomic mass is 10.3. The molecule has 1 aromatic rings. The maximum atomic E-state index is 5.99. The van der Waals surface area contributed by atoms with E-state index in [-0.39, 0.29) is 0 Å². The molecule has 0 spiro atoms. The second kappa shape index (κ2) is 6.71. The number of halogens is 2. The lowest BCUT2D eigenvalue weighted by Crippen LogP contribution is -2.20. The maximum absolute atomic E-state index is 5.99. The summed E-state index contributed by atoms with van der Waals surface area (Å²) in [4.78, 5) is 2.18. The Bertz CT molecular complexity index is 300. The average Bonchev–Trinajstić information content (AvgIpc) is 2.44. The monoisotopic (exact) mass is 266 g/mol. The van der Waals surface area contributed by atoms with Crippen molar-refractivity contribution in [1.29, 1.82) is 0 Å². The minimum absolute atomic E-state index is 0.755. The summed E-state index contributed by atoms with van der Waals surface area (Å²) in [6.45, 7) is 2.91. The van der Waals surface area contributed by atoms with Crippen LogP contribution < -0.4 is 5.32 Å². The van der Waals surface area contributed by atoms with Crippen LogP contribution in [0.25, 0.3) is 0 Å². The summed E-state index contributed by atoms with van der Waals surface area (Å²) in [5, 5.41) is 3.35. The zero-order valence-corrected chi connectivity index (χ0v) is 11.3. The van der Waals surface area contributed by atoms with Gasteiger partial charge >= 0.3 is 0 Å². The molecular formula is C10H16Cl2N2S. The fraction of sp³-hybridized carbons (Fsp3) is 0.600. The molecule has 0 unspecified atom stereocenters. The predicted molar refractivity (Wildman–Crippen MR) is 69.2 cm³/mol. The highest BCUT2D eigenvalue weighted by molar-refractivity contribution is 7.20. The van der Waals surface area contributed by atoms with E-state index in [1.165, 1.54) is 11.3 Å². The molecule has 0 saturated heterocycles. The van der Waals surface area contributed by atoms with E-state index in [0.29, 0.717) is 0 Å². The third-order valence-electron chi connectivity index (χ3n) is 2.00. The molecule has 1 N–H and O–H groups in total. The fourth-order valence-corrected chi connectivity index (χ4v) is 2.73. The Labute approximate surface area is 105 Å². The van der Waals surface area contributed by atoms with Crippen LogP contribution in [0.1, 0.15) is 12.0 Å². The fourth-order valence-electron chi connectivity index (χ4n) is 1.24. The molecule has 5 heteroatoms. The molecule has 0 amide bonds. The molecule has 1 aromatic heterocycles. The van der Waals surface area contributed by atoms with Gasteiger partial charge in [-0.25, -0.2) is 0 Å². The first-order valence-electron chi connectivity index (χ1n) is 4.88. The minimum atomic E-state index is 0.755. The Morgan fingerprint density at radius 1 is 1.40 bits per heavy atom. The summed E-state index contributed by atoms with van der Waals surface area (Å²) in [5.41, 5.74) is 1.09. The van der Waals surface area contributed by atoms with E-state index < -0.39 is 0 Å². The van der Waals surface area contributed by atoms with Crippen molar-refractivity contribution < 1.29 is 0 Å². The zero-order chi connectivity index (χ0) is 11.3. The number of thiophene rings is 1. The van der Waals surface area contributed by atoms with Crippen LogP contribution in [0.15, 0.2) is 6.07 Å². The Morgan fingerprint density at radius 2 is 2.13 bits per heavy atom. The molecule has 86 valence electrons. The van der Waals surface area contributed by atoms with Gasteiger partial charge in [-0.2, -0.15) is 0 Å². The molecule has 0 saturated carbocycles. The van der Waals surface area contributed by atoms with Crippen molar-refractivity contribution in [2.45, 2.75) is 13.0 Å². The van der Waals surface area contributed by atoms with Crippen molar-refractivity contribution in [2.75, 3.05) is 27.2 Å². The number of hydrogen-bond acceptors (Lipinski definition) is 3. The van der Waals surface area contributed by atoms with Crippen LogP contribution >= 0.6 is 34.5 Å². The van der Waals surface area contributed by atoms with Crippen molar-refractivity contribution in [3.8, 4) is 0 Å². The lowest BCUT2D eigenvalue weighted by Gasteiger charge is -2.09. The van der Waals surface area contributed by atoms with Gasteiger partial charge in [-0.3, -0.25) is 0 Å². The van der Waals surface area contributed by atoms with E-state index in [9.17, 15) is 0 Å². The number of nitrogens with zero attached hydrogens (tertiary/aromatic N) is 1. The van der Waals surface area contributed by atoms with E-state index in [4.69, 9.17) is 23.2 Å². The number of hydrogen-bond donors (Lipinski definition) is 1. The van der Waals surface area contributed by atoms with Crippen LogP contribution in [0.2, 0.25) is 8.67 Å². The molecular weight excluding hydrogens is 251 g/mol. The van der Waals surface area contributed by atoms with Crippen molar-refractivity contribution in [3.63, 3.8) is 0 Å². The largest absolute Gasteiger partial charge is 0.313 e. The third-order valence-corrected chi connectivity index (χ3v) is 3.57. The van der Waals surface area contributed by atoms with Gasteiger partial charge in [-0.05, 0) is 45.2 Å². The molecule has 15 heavy (non-hydrogen) atoms. The summed E-state index contributed by atoms with van der Waals surface area (Å²) in [7, 11) is 4.16. The standard InChI is InChI=1S/C10H16Cl2N2S/c1-14(2)5-3-4-13-7-8-6-9(11)15-10(8)12/h6,13H,3-5,7H2,1-2H3. The molecule has 0 aromatic carbocycles. The van der Waals surface area contributed by atoms with Crippen LogP contribution in [0.4, 0.5) is 0 Å². The van der Waals surface area contributed by atoms with E-state index in [2.05, 4.69) is 24.3 Å². The first-order valence-corrected chi connectivity index (χ1v) is 6.46. The van der Waals surface area contributed by atoms with E-state index in [1.54, 1.807) is 0 Å². The highest BCUT2D eigenvalue weighted by Gasteiger charge is 2.04. The molecule has 1 heterocycles. The smallest absolute Gasteiger partial charge is 0.0989 e. The van der Waals surface area contributed by atoms with Crippen molar-refractivity contribution >= 4 is 34.5 Å². The normalized spacial score (nSPS) is 11.3. The van der Waals surface area contributed by atoms with Gasteiger partial charge < -0.3 is 10.2 Å². The first kappa shape index (κ1) is 13.3. The highest BCUT2D eigenvalue weighted by Crippen LogP contribution is 2.30. The maximum Gasteiger partial charge on any atom is 0.0989 e. The average molecular weight is 267 g/mol. The minimum Gasteiger partial charge on any atom is -0.313 e. The molecule has 0 aliphatic rings. The van der Waals surface area contributed by atoms with Crippen molar-refractivity contribution in [3.05, 3.63) is 20.3 Å². The topological polar surface area (TPSA) is 15.3 Å². The van der Waals surface area contributed by atoms with Gasteiger partial charge in [0.05, 0.1) is 8.67 Å². The van der Waals surface area contributed by atoms with Gasteiger partial charge in [0.1, 0.15) is 0 Å². The highest BCUT2D eigenvalue weighted by atomic mass is 35.5. The molecule has 2 nitrogen and oxygen atoms in total. The van der Waals surface area contributed by atoms with Gasteiger partial charge in [0.25, 0.3) is 0 Å². The summed E-state index contributed by atoms with van der Waals surface area (Å²) < 4.78 is 1.55. The molecule has 0 radical (unpaired) electrons. The van der Waals surface area contributed by atoms with Crippen LogP contribution in [0.3, 0.4) is 0 Å². The molecule has 0 fully saturated rings. The van der Waals surface area contributed by atoms with Crippen molar-refractivity contribution in [2.24, 2.45) is 0 Å². The second-order valence-corrected chi connectivity index (χ2v) is 5.97. The van der Waals surface area contributed by atoms with Gasteiger partial charge in [0.15, 0.2) is 0 Å². The second-order valence-electron chi connectivity index (χ2n) is 3.68. The SMILES string of the molecule is CN(C)CCCNCc1cc(Cl)sc1Cl. The lowest BCUT2D eigenvalue weighted by molar-refractivity contribution is 0.394. The summed E-state index contributed by atoms with van der Waals surface area (Å²) in [5.74, 6) is 0. The Kier molecular flexibility index (Phi) is 5.94. The molecule has 0 aliphatic carbocycles. The van der Waals surface area contributed by atoms with Crippen LogP contribution in [-0.4, -0.2) is 32.1 Å². The van der Waals surface area contributed by atoms with Crippen LogP contribution in [-0.2, 0) is 6.54 Å². The Hall–Kier alpha value is 0.200. The predicted octanol–water partition coefficient (Wildman–Crippen LogP) is 3.10. The quantitative estimate of drug-likeness (QED) is 0.797. The number of nitrogens with one attached hydrogen (secondary N) is 1. The van der Waals surface area contributed by atoms with Gasteiger partial charge in [-0.15, -0.1) is 11.3 Å². The van der Waals surface area contributed by atoms with E-state index in [1.807, 2.05) is 6.07 Å². The van der Waals surface area contributed by atoms with E-state index in [0.717, 1.165) is 40.3 Å². The zero-order valence-electron chi connectivity index (χ0n) is 9.02. The van der Waals surface area contributed by atoms with E-state index >= 15 is 0 Å². The van der Waals surface area contributed by atoms with Gasteiger partial charge in [-0.1, -0.05) is 23.2 Å². The first-order chi connectivity index (χ1) is 7.09. The van der Waals surface area contributed by atoms with Crippen molar-refractivity contribution in [1.82, 2.24) is 10.2 Å². The Balaban J connectivity index is 2.17. The van der Waals surface area contributed by atoms with Crippen LogP contribution in [0.5, 0.6) is 0 Å². The number of rotatable bonds is 6. The molecule has 1 rings (SSSR count).